The lowest BCUT2D eigenvalue weighted by atomic mass is 10.1. The number of rotatable bonds is 7. The number of ether oxygens (including phenoxy) is 2. The first-order valence-corrected chi connectivity index (χ1v) is 8.57. The molecule has 0 bridgehead atoms. The highest BCUT2D eigenvalue weighted by atomic mass is 16.5. The third kappa shape index (κ3) is 5.17. The first-order chi connectivity index (χ1) is 14.1. The predicted molar refractivity (Wildman–Crippen MR) is 105 cm³/mol. The first kappa shape index (κ1) is 19.6. The van der Waals surface area contributed by atoms with Crippen LogP contribution in [0.4, 0.5) is 5.69 Å². The maximum absolute atomic E-state index is 12.2. The second kappa shape index (κ2) is 9.14. The molecule has 1 aromatic carbocycles. The van der Waals surface area contributed by atoms with Crippen LogP contribution in [0.25, 0.3) is 6.08 Å². The zero-order valence-electron chi connectivity index (χ0n) is 15.9. The van der Waals surface area contributed by atoms with Gasteiger partial charge in [-0.05, 0) is 23.8 Å². The normalized spacial score (nSPS) is 10.5. The lowest BCUT2D eigenvalue weighted by Crippen LogP contribution is -2.07. The number of nitrogens with one attached hydrogen (secondary N) is 1. The lowest BCUT2D eigenvalue weighted by molar-refractivity contribution is -0.111. The Morgan fingerprint density at radius 1 is 1.31 bits per heavy atom. The number of anilines is 1. The fraction of sp³-hybridized carbons (Fsp3) is 0.150. The van der Waals surface area contributed by atoms with Gasteiger partial charge in [-0.3, -0.25) is 9.48 Å². The molecule has 3 aromatic rings. The van der Waals surface area contributed by atoms with Crippen molar-refractivity contribution in [1.82, 2.24) is 19.7 Å². The monoisotopic (exact) mass is 390 g/mol. The molecule has 0 aliphatic heterocycles. The summed E-state index contributed by atoms with van der Waals surface area (Å²) in [5.74, 6) is -0.0396. The van der Waals surface area contributed by atoms with Crippen LogP contribution in [0.1, 0.15) is 16.7 Å². The van der Waals surface area contributed by atoms with Crippen LogP contribution in [0, 0.1) is 11.3 Å². The van der Waals surface area contributed by atoms with Crippen LogP contribution in [0.5, 0.6) is 11.9 Å². The van der Waals surface area contributed by atoms with E-state index in [0.717, 1.165) is 5.56 Å². The van der Waals surface area contributed by atoms with E-state index in [1.165, 1.54) is 26.5 Å². The molecule has 0 saturated heterocycles. The second-order valence-electron chi connectivity index (χ2n) is 5.88. The fourth-order valence-electron chi connectivity index (χ4n) is 2.53. The Bertz CT molecular complexity index is 1080. The number of carbonyl (C=O) groups is 1. The molecular weight excluding hydrogens is 372 g/mol. The summed E-state index contributed by atoms with van der Waals surface area (Å²) in [5.41, 5.74) is 2.62. The molecule has 1 N–H and O–H groups in total. The van der Waals surface area contributed by atoms with Crippen molar-refractivity contribution in [1.29, 1.82) is 5.26 Å². The molecular formula is C20H18N6O3. The number of methoxy groups -OCH3 is 2. The molecule has 0 saturated carbocycles. The molecule has 2 aromatic heterocycles. The van der Waals surface area contributed by atoms with E-state index in [1.807, 2.05) is 12.1 Å². The number of benzene rings is 1. The minimum absolute atomic E-state index is 0.177. The second-order valence-corrected chi connectivity index (χ2v) is 5.88. The number of aromatic nitrogens is 4. The minimum Gasteiger partial charge on any atom is -0.480 e. The summed E-state index contributed by atoms with van der Waals surface area (Å²) in [5, 5.41) is 15.9. The molecule has 1 amide bonds. The van der Waals surface area contributed by atoms with Crippen molar-refractivity contribution in [2.24, 2.45) is 0 Å². The molecule has 3 rings (SSSR count). The molecule has 0 unspecified atom stereocenters. The van der Waals surface area contributed by atoms with Crippen molar-refractivity contribution in [3.05, 3.63) is 65.6 Å². The Hall–Kier alpha value is -4.19. The van der Waals surface area contributed by atoms with Crippen LogP contribution in [0.3, 0.4) is 0 Å². The van der Waals surface area contributed by atoms with Crippen LogP contribution in [0.15, 0.2) is 48.9 Å². The van der Waals surface area contributed by atoms with E-state index in [1.54, 1.807) is 35.3 Å². The van der Waals surface area contributed by atoms with Gasteiger partial charge in [0.1, 0.15) is 0 Å². The van der Waals surface area contributed by atoms with Crippen LogP contribution < -0.4 is 14.8 Å². The maximum Gasteiger partial charge on any atom is 0.319 e. The molecule has 0 fully saturated rings. The van der Waals surface area contributed by atoms with Gasteiger partial charge in [-0.1, -0.05) is 12.1 Å². The third-order valence-corrected chi connectivity index (χ3v) is 3.85. The molecule has 146 valence electrons. The van der Waals surface area contributed by atoms with E-state index in [0.29, 0.717) is 29.2 Å². The smallest absolute Gasteiger partial charge is 0.319 e. The molecule has 29 heavy (non-hydrogen) atoms. The third-order valence-electron chi connectivity index (χ3n) is 3.85. The molecule has 2 heterocycles. The Morgan fingerprint density at radius 2 is 2.17 bits per heavy atom. The summed E-state index contributed by atoms with van der Waals surface area (Å²) in [6.07, 6.45) is 7.66. The van der Waals surface area contributed by atoms with Gasteiger partial charge < -0.3 is 14.8 Å². The van der Waals surface area contributed by atoms with Gasteiger partial charge in [-0.2, -0.15) is 15.3 Å². The first-order valence-electron chi connectivity index (χ1n) is 8.57. The Balaban J connectivity index is 1.63. The van der Waals surface area contributed by atoms with E-state index in [2.05, 4.69) is 26.5 Å². The van der Waals surface area contributed by atoms with Crippen LogP contribution in [-0.4, -0.2) is 39.9 Å². The average Bonchev–Trinajstić information content (AvgIpc) is 3.18. The molecule has 9 nitrogen and oxygen atoms in total. The molecule has 0 radical (unpaired) electrons. The highest BCUT2D eigenvalue weighted by Gasteiger charge is 2.07. The van der Waals surface area contributed by atoms with Gasteiger partial charge in [-0.25, -0.2) is 4.98 Å². The van der Waals surface area contributed by atoms with Crippen molar-refractivity contribution >= 4 is 17.7 Å². The summed E-state index contributed by atoms with van der Waals surface area (Å²) in [6.45, 7) is 0.488. The number of hydrogen-bond acceptors (Lipinski definition) is 7. The van der Waals surface area contributed by atoms with Crippen molar-refractivity contribution < 1.29 is 14.3 Å². The van der Waals surface area contributed by atoms with Gasteiger partial charge >= 0.3 is 6.01 Å². The summed E-state index contributed by atoms with van der Waals surface area (Å²) < 4.78 is 11.8. The number of hydrogen-bond donors (Lipinski definition) is 1. The topological polar surface area (TPSA) is 115 Å². The van der Waals surface area contributed by atoms with Crippen LogP contribution in [0.2, 0.25) is 0 Å². The van der Waals surface area contributed by atoms with Crippen LogP contribution >= 0.6 is 0 Å². The lowest BCUT2D eigenvalue weighted by Gasteiger charge is -2.04. The Labute approximate surface area is 167 Å². The molecule has 0 aliphatic carbocycles. The molecule has 0 aliphatic rings. The number of amides is 1. The predicted octanol–water partition coefficient (Wildman–Crippen LogP) is 2.26. The quantitative estimate of drug-likeness (QED) is 0.615. The summed E-state index contributed by atoms with van der Waals surface area (Å²) in [7, 11) is 2.93. The SMILES string of the molecule is COc1ncc(/C=C/C(=O)Nc2cnn(Cc3cccc(C#N)c3)c2)c(OC)n1. The summed E-state index contributed by atoms with van der Waals surface area (Å²) >= 11 is 0. The molecule has 0 spiro atoms. The van der Waals surface area contributed by atoms with Gasteiger partial charge in [0.05, 0.1) is 49.8 Å². The van der Waals surface area contributed by atoms with E-state index in [4.69, 9.17) is 14.7 Å². The van der Waals surface area contributed by atoms with Crippen LogP contribution in [-0.2, 0) is 11.3 Å². The van der Waals surface area contributed by atoms with Gasteiger partial charge in [0, 0.05) is 18.5 Å². The molecule has 9 heteroatoms. The standard InChI is InChI=1S/C20H18N6O3/c1-28-19-16(10-22-20(25-19)29-2)6-7-18(27)24-17-11-23-26(13-17)12-15-5-3-4-14(8-15)9-21/h3-8,10-11,13H,12H2,1-2H3,(H,24,27)/b7-6+. The van der Waals surface area contributed by atoms with Gasteiger partial charge in [0.2, 0.25) is 11.8 Å². The number of nitrogens with zero attached hydrogens (tertiary/aromatic N) is 5. The highest BCUT2D eigenvalue weighted by Crippen LogP contribution is 2.18. The summed E-state index contributed by atoms with van der Waals surface area (Å²) in [4.78, 5) is 20.2. The van der Waals surface area contributed by atoms with Gasteiger partial charge in [0.25, 0.3) is 0 Å². The highest BCUT2D eigenvalue weighted by molar-refractivity contribution is 6.01. The zero-order valence-corrected chi connectivity index (χ0v) is 15.9. The van der Waals surface area contributed by atoms with E-state index in [9.17, 15) is 4.79 Å². The van der Waals surface area contributed by atoms with Gasteiger partial charge in [-0.15, -0.1) is 0 Å². The van der Waals surface area contributed by atoms with E-state index >= 15 is 0 Å². The van der Waals surface area contributed by atoms with E-state index < -0.39 is 0 Å². The maximum atomic E-state index is 12.2. The Kier molecular flexibility index (Phi) is 6.17. The van der Waals surface area contributed by atoms with Crippen molar-refractivity contribution in [3.8, 4) is 18.0 Å². The van der Waals surface area contributed by atoms with E-state index in [-0.39, 0.29) is 11.9 Å². The number of carbonyl (C=O) groups excluding carboxylic acids is 1. The number of nitriles is 1. The minimum atomic E-state index is -0.339. The Morgan fingerprint density at radius 3 is 2.93 bits per heavy atom. The fourth-order valence-corrected chi connectivity index (χ4v) is 2.53. The van der Waals surface area contributed by atoms with Gasteiger partial charge in [0.15, 0.2) is 0 Å². The largest absolute Gasteiger partial charge is 0.480 e. The summed E-state index contributed by atoms with van der Waals surface area (Å²) in [6, 6.07) is 9.56. The van der Waals surface area contributed by atoms with Crippen molar-refractivity contribution in [2.75, 3.05) is 19.5 Å². The van der Waals surface area contributed by atoms with Crippen molar-refractivity contribution in [3.63, 3.8) is 0 Å². The zero-order chi connectivity index (χ0) is 20.6. The average molecular weight is 390 g/mol. The van der Waals surface area contributed by atoms with Crippen molar-refractivity contribution in [2.45, 2.75) is 6.54 Å². The molecule has 0 atom stereocenters.